The molecular weight excluding hydrogens is 386 g/mol. The van der Waals surface area contributed by atoms with Gasteiger partial charge in [0.1, 0.15) is 11.5 Å². The van der Waals surface area contributed by atoms with Gasteiger partial charge in [-0.1, -0.05) is 18.2 Å². The van der Waals surface area contributed by atoms with E-state index >= 15 is 0 Å². The quantitative estimate of drug-likeness (QED) is 0.247. The van der Waals surface area contributed by atoms with E-state index in [4.69, 9.17) is 14.2 Å². The molecule has 0 radical (unpaired) electrons. The lowest BCUT2D eigenvalue weighted by molar-refractivity contribution is 0.379. The molecule has 148 valence electrons. The minimum Gasteiger partial charge on any atom is -0.497 e. The summed E-state index contributed by atoms with van der Waals surface area (Å²) in [5.74, 6) is 2.83. The third-order valence-electron chi connectivity index (χ3n) is 3.79. The summed E-state index contributed by atoms with van der Waals surface area (Å²) >= 11 is 1.26. The fraction of sp³-hybridized carbons (Fsp3) is 0.0909. The van der Waals surface area contributed by atoms with E-state index in [-0.39, 0.29) is 0 Å². The maximum absolute atomic E-state index is 5.85. The second-order valence-electron chi connectivity index (χ2n) is 5.73. The van der Waals surface area contributed by atoms with Gasteiger partial charge in [0, 0.05) is 17.0 Å². The topological polar surface area (TPSA) is 64.1 Å². The lowest BCUT2D eigenvalue weighted by Crippen LogP contribution is -1.96. The van der Waals surface area contributed by atoms with Gasteiger partial charge in [-0.2, -0.15) is 5.10 Å². The number of methoxy groups -OCH3 is 2. The van der Waals surface area contributed by atoms with Gasteiger partial charge in [0.15, 0.2) is 11.5 Å². The van der Waals surface area contributed by atoms with Crippen molar-refractivity contribution in [2.45, 2.75) is 0 Å². The number of anilines is 1. The number of rotatable bonds is 7. The van der Waals surface area contributed by atoms with Gasteiger partial charge in [0.25, 0.3) is 0 Å². The number of nitrogens with zero attached hydrogens (tertiary/aromatic N) is 1. The summed E-state index contributed by atoms with van der Waals surface area (Å²) in [7, 11) is 3.25. The van der Waals surface area contributed by atoms with Crippen LogP contribution in [0, 0.1) is 5.31 Å². The van der Waals surface area contributed by atoms with E-state index in [1.165, 1.54) is 11.4 Å². The van der Waals surface area contributed by atoms with Crippen LogP contribution in [0.1, 0.15) is 5.56 Å². The molecule has 3 aromatic rings. The van der Waals surface area contributed by atoms with Crippen LogP contribution in [-0.2, 0) is 0 Å². The fourth-order valence-corrected chi connectivity index (χ4v) is 2.77. The first-order valence-electron chi connectivity index (χ1n) is 8.78. The van der Waals surface area contributed by atoms with E-state index in [0.29, 0.717) is 11.5 Å². The van der Waals surface area contributed by atoms with Crippen molar-refractivity contribution in [1.29, 1.82) is 0 Å². The van der Waals surface area contributed by atoms with E-state index in [1.54, 1.807) is 20.4 Å². The summed E-state index contributed by atoms with van der Waals surface area (Å²) in [6, 6.07) is 22.8. The number of ether oxygens (including phenoxy) is 3. The zero-order valence-electron chi connectivity index (χ0n) is 16.1. The predicted molar refractivity (Wildman–Crippen MR) is 118 cm³/mol. The monoisotopic (exact) mass is 407 g/mol. The summed E-state index contributed by atoms with van der Waals surface area (Å²) in [5, 5.41) is 7.00. The Morgan fingerprint density at radius 3 is 2.38 bits per heavy atom. The molecule has 2 N–H and O–H groups in total. The van der Waals surface area contributed by atoms with Crippen LogP contribution in [0.2, 0.25) is 0 Å². The number of benzene rings is 3. The third-order valence-corrected chi connectivity index (χ3v) is 4.32. The van der Waals surface area contributed by atoms with Crippen LogP contribution in [0.3, 0.4) is 0 Å². The number of para-hydroxylation sites is 1. The second-order valence-corrected chi connectivity index (χ2v) is 6.34. The SMILES string of the molecule is COc1ccc(NS#CN/N=C/c2ccc(Oc3ccccc3)c(OC)c2)cc1. The van der Waals surface area contributed by atoms with Crippen LogP contribution in [0.15, 0.2) is 77.9 Å². The molecule has 0 aliphatic heterocycles. The molecule has 0 aliphatic carbocycles. The summed E-state index contributed by atoms with van der Waals surface area (Å²) in [4.78, 5) is 0. The highest BCUT2D eigenvalue weighted by Crippen LogP contribution is 2.31. The number of hydrogen-bond donors (Lipinski definition) is 2. The van der Waals surface area contributed by atoms with Crippen LogP contribution < -0.4 is 24.4 Å². The van der Waals surface area contributed by atoms with E-state index in [2.05, 4.69) is 20.6 Å². The van der Waals surface area contributed by atoms with Gasteiger partial charge in [-0.25, -0.2) is 5.43 Å². The van der Waals surface area contributed by atoms with Crippen molar-refractivity contribution in [3.8, 4) is 28.3 Å². The Balaban J connectivity index is 1.55. The maximum atomic E-state index is 5.85. The number of nitrogens with one attached hydrogen (secondary N) is 2. The molecular formula is C22H21N3O3S. The Morgan fingerprint density at radius 2 is 1.66 bits per heavy atom. The summed E-state index contributed by atoms with van der Waals surface area (Å²) in [6.45, 7) is 0. The first-order chi connectivity index (χ1) is 14.3. The first kappa shape index (κ1) is 20.1. The molecule has 7 heteroatoms. The Hall–Kier alpha value is -3.67. The number of hydrogen-bond acceptors (Lipinski definition) is 6. The van der Waals surface area contributed by atoms with E-state index in [0.717, 1.165) is 22.7 Å². The van der Waals surface area contributed by atoms with Crippen molar-refractivity contribution in [2.75, 3.05) is 18.9 Å². The lowest BCUT2D eigenvalue weighted by atomic mass is 10.2. The Labute approximate surface area is 173 Å². The fourth-order valence-electron chi connectivity index (χ4n) is 2.36. The molecule has 0 saturated heterocycles. The zero-order chi connectivity index (χ0) is 20.3. The number of hydrazone groups is 1. The predicted octanol–water partition coefficient (Wildman–Crippen LogP) is 5.10. The molecule has 0 aromatic heterocycles. The van der Waals surface area contributed by atoms with Crippen molar-refractivity contribution < 1.29 is 14.2 Å². The Kier molecular flexibility index (Phi) is 7.34. The molecule has 0 atom stereocenters. The van der Waals surface area contributed by atoms with Crippen LogP contribution in [0.4, 0.5) is 5.69 Å². The standard InChI is InChI=1S/C22H21N3O3S/c1-26-19-11-9-18(10-12-19)25-29-16-24-23-15-17-8-13-21(22(14-17)27-2)28-20-6-4-3-5-7-20/h3-15,24-25H,1-2H3/b23-15+. The molecule has 29 heavy (non-hydrogen) atoms. The van der Waals surface area contributed by atoms with Gasteiger partial charge < -0.3 is 18.9 Å². The van der Waals surface area contributed by atoms with Crippen molar-refractivity contribution in [3.63, 3.8) is 0 Å². The van der Waals surface area contributed by atoms with Crippen molar-refractivity contribution in [2.24, 2.45) is 5.10 Å². The van der Waals surface area contributed by atoms with E-state index in [9.17, 15) is 0 Å². The van der Waals surface area contributed by atoms with Gasteiger partial charge in [-0.15, -0.1) is 0 Å². The molecule has 0 spiro atoms. The molecule has 3 aromatic carbocycles. The van der Waals surface area contributed by atoms with Crippen molar-refractivity contribution in [3.05, 3.63) is 78.4 Å². The van der Waals surface area contributed by atoms with Crippen LogP contribution >= 0.6 is 11.4 Å². The highest BCUT2D eigenvalue weighted by atomic mass is 32.1. The molecule has 0 saturated carbocycles. The summed E-state index contributed by atoms with van der Waals surface area (Å²) < 4.78 is 19.5. The Bertz CT molecular complexity index is 1010. The molecule has 3 rings (SSSR count). The van der Waals surface area contributed by atoms with Crippen molar-refractivity contribution >= 4 is 23.3 Å². The first-order valence-corrected chi connectivity index (χ1v) is 9.60. The van der Waals surface area contributed by atoms with Crippen LogP contribution in [0.25, 0.3) is 0 Å². The molecule has 0 bridgehead atoms. The van der Waals surface area contributed by atoms with Gasteiger partial charge in [-0.3, -0.25) is 0 Å². The van der Waals surface area contributed by atoms with Crippen LogP contribution in [-0.4, -0.2) is 20.4 Å². The molecule has 0 fully saturated rings. The molecule has 0 heterocycles. The average Bonchev–Trinajstić information content (AvgIpc) is 2.78. The highest BCUT2D eigenvalue weighted by Gasteiger charge is 2.06. The van der Waals surface area contributed by atoms with Gasteiger partial charge in [0.2, 0.25) is 0 Å². The van der Waals surface area contributed by atoms with E-state index < -0.39 is 0 Å². The summed E-state index contributed by atoms with van der Waals surface area (Å²) in [5.41, 5.74) is 4.54. The highest BCUT2D eigenvalue weighted by molar-refractivity contribution is 7.90. The third kappa shape index (κ3) is 6.17. The average molecular weight is 407 g/mol. The van der Waals surface area contributed by atoms with Crippen molar-refractivity contribution in [1.82, 2.24) is 5.43 Å². The normalized spacial score (nSPS) is 10.1. The molecule has 0 unspecified atom stereocenters. The Morgan fingerprint density at radius 1 is 0.862 bits per heavy atom. The van der Waals surface area contributed by atoms with Gasteiger partial charge in [-0.05, 0) is 60.2 Å². The minimum atomic E-state index is 0.626. The van der Waals surface area contributed by atoms with Crippen LogP contribution in [0.5, 0.6) is 23.0 Å². The maximum Gasteiger partial charge on any atom is 0.169 e. The summed E-state index contributed by atoms with van der Waals surface area (Å²) in [6.07, 6.45) is 1.68. The molecule has 0 amide bonds. The second kappa shape index (κ2) is 10.6. The lowest BCUT2D eigenvalue weighted by Gasteiger charge is -2.10. The van der Waals surface area contributed by atoms with Gasteiger partial charge >= 0.3 is 0 Å². The zero-order valence-corrected chi connectivity index (χ0v) is 16.9. The smallest absolute Gasteiger partial charge is 0.169 e. The minimum absolute atomic E-state index is 0.626. The van der Waals surface area contributed by atoms with Gasteiger partial charge in [0.05, 0.1) is 25.7 Å². The van der Waals surface area contributed by atoms with E-state index in [1.807, 2.05) is 72.8 Å². The molecule has 0 aliphatic rings. The largest absolute Gasteiger partial charge is 0.497 e. The molecule has 6 nitrogen and oxygen atoms in total.